The van der Waals surface area contributed by atoms with Crippen molar-refractivity contribution in [1.82, 2.24) is 4.90 Å². The average molecular weight is 361 g/mol. The van der Waals surface area contributed by atoms with Crippen LogP contribution in [0.15, 0.2) is 18.2 Å². The molecule has 1 amide bonds. The zero-order chi connectivity index (χ0) is 13.1. The molecule has 0 bridgehead atoms. The number of ether oxygens (including phenoxy) is 1. The Hall–Kier alpha value is -0.820. The highest BCUT2D eigenvalue weighted by molar-refractivity contribution is 14.1. The minimum Gasteiger partial charge on any atom is -0.507 e. The summed E-state index contributed by atoms with van der Waals surface area (Å²) in [6, 6.07) is 5.26. The van der Waals surface area contributed by atoms with Crippen molar-refractivity contribution in [2.75, 3.05) is 20.3 Å². The number of hydrogen-bond acceptors (Lipinski definition) is 3. The van der Waals surface area contributed by atoms with Crippen LogP contribution in [0.25, 0.3) is 0 Å². The van der Waals surface area contributed by atoms with Crippen molar-refractivity contribution in [1.29, 1.82) is 0 Å². The second kappa shape index (κ2) is 5.88. The van der Waals surface area contributed by atoms with Crippen LogP contribution in [0.3, 0.4) is 0 Å². The lowest BCUT2D eigenvalue weighted by Gasteiger charge is -2.31. The summed E-state index contributed by atoms with van der Waals surface area (Å²) < 4.78 is 6.04. The van der Waals surface area contributed by atoms with E-state index in [0.29, 0.717) is 18.8 Å². The van der Waals surface area contributed by atoms with Crippen LogP contribution in [0, 0.1) is 3.57 Å². The number of rotatable bonds is 2. The van der Waals surface area contributed by atoms with E-state index in [1.807, 2.05) is 29.6 Å². The quantitative estimate of drug-likeness (QED) is 0.823. The molecule has 1 aromatic carbocycles. The lowest BCUT2D eigenvalue weighted by molar-refractivity contribution is 0.0362. The molecule has 1 aliphatic rings. The number of aromatic hydroxyl groups is 1. The Balaban J connectivity index is 2.11. The number of halogens is 1. The van der Waals surface area contributed by atoms with E-state index in [-0.39, 0.29) is 17.7 Å². The monoisotopic (exact) mass is 361 g/mol. The van der Waals surface area contributed by atoms with E-state index in [0.717, 1.165) is 16.4 Å². The fourth-order valence-electron chi connectivity index (χ4n) is 2.09. The molecule has 4 nitrogen and oxygen atoms in total. The Kier molecular flexibility index (Phi) is 4.45. The Bertz CT molecular complexity index is 444. The number of benzene rings is 1. The predicted octanol–water partition coefficient (Wildman–Crippen LogP) is 2.25. The number of amides is 1. The second-order valence-electron chi connectivity index (χ2n) is 4.43. The average Bonchev–Trinajstić information content (AvgIpc) is 2.41. The van der Waals surface area contributed by atoms with E-state index in [1.54, 1.807) is 17.0 Å². The standard InChI is InChI=1S/C13H16INO3/c1-15(10-4-6-18-7-5-10)13(17)9-2-3-11(14)12(16)8-9/h2-3,8,10,16H,4-7H2,1H3. The first-order valence-electron chi connectivity index (χ1n) is 5.93. The van der Waals surface area contributed by atoms with Gasteiger partial charge in [0.1, 0.15) is 5.75 Å². The molecule has 1 saturated heterocycles. The minimum atomic E-state index is -0.0476. The summed E-state index contributed by atoms with van der Waals surface area (Å²) in [5.41, 5.74) is 0.530. The number of carbonyl (C=O) groups is 1. The van der Waals surface area contributed by atoms with E-state index >= 15 is 0 Å². The molecule has 1 fully saturated rings. The third-order valence-corrected chi connectivity index (χ3v) is 4.16. The van der Waals surface area contributed by atoms with Gasteiger partial charge in [-0.2, -0.15) is 0 Å². The summed E-state index contributed by atoms with van der Waals surface area (Å²) in [6.07, 6.45) is 1.75. The Labute approximate surface area is 120 Å². The van der Waals surface area contributed by atoms with Crippen LogP contribution in [-0.4, -0.2) is 42.2 Å². The summed E-state index contributed by atoms with van der Waals surface area (Å²) in [6.45, 7) is 1.42. The predicted molar refractivity (Wildman–Crippen MR) is 76.8 cm³/mol. The molecule has 2 rings (SSSR count). The molecule has 0 unspecified atom stereocenters. The van der Waals surface area contributed by atoms with Gasteiger partial charge in [-0.1, -0.05) is 0 Å². The van der Waals surface area contributed by atoms with Crippen molar-refractivity contribution in [3.05, 3.63) is 27.3 Å². The summed E-state index contributed by atoms with van der Waals surface area (Å²) in [5, 5.41) is 9.64. The number of nitrogens with zero attached hydrogens (tertiary/aromatic N) is 1. The molecule has 0 spiro atoms. The van der Waals surface area contributed by atoms with Gasteiger partial charge in [0, 0.05) is 31.9 Å². The molecule has 1 N–H and O–H groups in total. The third kappa shape index (κ3) is 2.95. The molecule has 0 saturated carbocycles. The Morgan fingerprint density at radius 2 is 2.11 bits per heavy atom. The first-order valence-corrected chi connectivity index (χ1v) is 7.01. The van der Waals surface area contributed by atoms with E-state index in [4.69, 9.17) is 4.74 Å². The van der Waals surface area contributed by atoms with Gasteiger partial charge in [-0.05, 0) is 53.6 Å². The van der Waals surface area contributed by atoms with Crippen LogP contribution in [0.2, 0.25) is 0 Å². The van der Waals surface area contributed by atoms with Gasteiger partial charge in [0.15, 0.2) is 0 Å². The summed E-state index contributed by atoms with van der Waals surface area (Å²) in [4.78, 5) is 14.0. The molecule has 0 radical (unpaired) electrons. The van der Waals surface area contributed by atoms with Crippen LogP contribution in [0.1, 0.15) is 23.2 Å². The van der Waals surface area contributed by atoms with Crippen LogP contribution in [0.5, 0.6) is 5.75 Å². The minimum absolute atomic E-state index is 0.0476. The van der Waals surface area contributed by atoms with Crippen molar-refractivity contribution in [2.45, 2.75) is 18.9 Å². The van der Waals surface area contributed by atoms with Crippen molar-refractivity contribution in [2.24, 2.45) is 0 Å². The Morgan fingerprint density at radius 3 is 2.72 bits per heavy atom. The maximum atomic E-state index is 12.3. The molecule has 98 valence electrons. The van der Waals surface area contributed by atoms with E-state index < -0.39 is 0 Å². The molecule has 0 aliphatic carbocycles. The van der Waals surface area contributed by atoms with Gasteiger partial charge in [-0.3, -0.25) is 4.79 Å². The molecular weight excluding hydrogens is 345 g/mol. The highest BCUT2D eigenvalue weighted by Gasteiger charge is 2.23. The molecule has 0 aromatic heterocycles. The smallest absolute Gasteiger partial charge is 0.253 e. The highest BCUT2D eigenvalue weighted by Crippen LogP contribution is 2.22. The van der Waals surface area contributed by atoms with Crippen LogP contribution in [-0.2, 0) is 4.74 Å². The molecule has 18 heavy (non-hydrogen) atoms. The fourth-order valence-corrected chi connectivity index (χ4v) is 2.42. The van der Waals surface area contributed by atoms with E-state index in [2.05, 4.69) is 0 Å². The summed E-state index contributed by atoms with van der Waals surface area (Å²) in [5.74, 6) is 0.107. The SMILES string of the molecule is CN(C(=O)c1ccc(I)c(O)c1)C1CCOCC1. The van der Waals surface area contributed by atoms with Crippen LogP contribution in [0.4, 0.5) is 0 Å². The normalized spacial score (nSPS) is 16.6. The van der Waals surface area contributed by atoms with E-state index in [1.165, 1.54) is 6.07 Å². The molecule has 1 aromatic rings. The van der Waals surface area contributed by atoms with Gasteiger partial charge < -0.3 is 14.7 Å². The number of hydrogen-bond donors (Lipinski definition) is 1. The van der Waals surface area contributed by atoms with Crippen molar-refractivity contribution >= 4 is 28.5 Å². The third-order valence-electron chi connectivity index (χ3n) is 3.25. The summed E-state index contributed by atoms with van der Waals surface area (Å²) >= 11 is 2.03. The van der Waals surface area contributed by atoms with Gasteiger partial charge in [0.2, 0.25) is 0 Å². The molecule has 0 atom stereocenters. The van der Waals surface area contributed by atoms with Crippen molar-refractivity contribution in [3.63, 3.8) is 0 Å². The number of phenols is 1. The first-order chi connectivity index (χ1) is 8.59. The topological polar surface area (TPSA) is 49.8 Å². The lowest BCUT2D eigenvalue weighted by atomic mass is 10.1. The fraction of sp³-hybridized carbons (Fsp3) is 0.462. The van der Waals surface area contributed by atoms with Gasteiger partial charge in [0.25, 0.3) is 5.91 Å². The second-order valence-corrected chi connectivity index (χ2v) is 5.59. The molecule has 5 heteroatoms. The lowest BCUT2D eigenvalue weighted by Crippen LogP contribution is -2.40. The van der Waals surface area contributed by atoms with E-state index in [9.17, 15) is 9.90 Å². The maximum absolute atomic E-state index is 12.3. The molecular formula is C13H16INO3. The maximum Gasteiger partial charge on any atom is 0.253 e. The molecule has 1 aliphatic heterocycles. The zero-order valence-corrected chi connectivity index (χ0v) is 12.4. The van der Waals surface area contributed by atoms with Crippen molar-refractivity contribution < 1.29 is 14.6 Å². The Morgan fingerprint density at radius 1 is 1.44 bits per heavy atom. The highest BCUT2D eigenvalue weighted by atomic mass is 127. The van der Waals surface area contributed by atoms with Gasteiger partial charge in [0.05, 0.1) is 3.57 Å². The zero-order valence-electron chi connectivity index (χ0n) is 10.2. The number of carbonyl (C=O) groups excluding carboxylic acids is 1. The summed E-state index contributed by atoms with van der Waals surface area (Å²) in [7, 11) is 1.81. The first kappa shape index (κ1) is 13.6. The number of phenolic OH excluding ortho intramolecular Hbond substituents is 1. The van der Waals surface area contributed by atoms with Gasteiger partial charge in [-0.25, -0.2) is 0 Å². The van der Waals surface area contributed by atoms with Gasteiger partial charge in [-0.15, -0.1) is 0 Å². The van der Waals surface area contributed by atoms with Crippen LogP contribution < -0.4 is 0 Å². The van der Waals surface area contributed by atoms with Gasteiger partial charge >= 0.3 is 0 Å². The molecule has 1 heterocycles. The largest absolute Gasteiger partial charge is 0.507 e. The van der Waals surface area contributed by atoms with Crippen LogP contribution >= 0.6 is 22.6 Å². The van der Waals surface area contributed by atoms with Crippen molar-refractivity contribution in [3.8, 4) is 5.75 Å².